The molecule has 2 heterocycles. The van der Waals surface area contributed by atoms with E-state index in [0.29, 0.717) is 38.8 Å². The SMILES string of the molecule is CN=CC(=CN)c1nn(-c2ccccc2)c(NC(=O)NC2CN(CC(F)(F)F)C(=O)c3ccccc32)c1C. The third kappa shape index (κ3) is 5.53. The molecule has 0 bridgehead atoms. The Hall–Kier alpha value is -4.61. The predicted molar refractivity (Wildman–Crippen MR) is 138 cm³/mol. The Bertz CT molecular complexity index is 1400. The van der Waals surface area contributed by atoms with E-state index in [0.717, 1.165) is 0 Å². The van der Waals surface area contributed by atoms with E-state index in [1.165, 1.54) is 16.9 Å². The van der Waals surface area contributed by atoms with Crippen molar-refractivity contribution in [2.75, 3.05) is 25.5 Å². The molecule has 1 unspecified atom stereocenters. The van der Waals surface area contributed by atoms with Gasteiger partial charge in [0.05, 0.1) is 11.7 Å². The summed E-state index contributed by atoms with van der Waals surface area (Å²) in [7, 11) is 1.59. The number of allylic oxidation sites excluding steroid dienone is 1. The smallest absolute Gasteiger partial charge is 0.404 e. The van der Waals surface area contributed by atoms with E-state index in [2.05, 4.69) is 20.7 Å². The summed E-state index contributed by atoms with van der Waals surface area (Å²) in [5.74, 6) is -0.405. The number of aromatic nitrogens is 2. The second-order valence-corrected chi connectivity index (χ2v) is 8.62. The van der Waals surface area contributed by atoms with Crippen LogP contribution >= 0.6 is 0 Å². The molecule has 0 saturated carbocycles. The van der Waals surface area contributed by atoms with Gasteiger partial charge in [0.1, 0.15) is 18.1 Å². The Kier molecular flexibility index (Phi) is 7.51. The van der Waals surface area contributed by atoms with Crippen molar-refractivity contribution in [3.8, 4) is 5.69 Å². The number of nitrogens with one attached hydrogen (secondary N) is 2. The molecule has 0 fully saturated rings. The standard InChI is InChI=1S/C26H26F3N7O2/c1-16-22(17(12-30)13-31-2)34-36(18-8-4-3-5-9-18)23(16)33-25(38)32-21-14-35(15-26(27,28)29)24(37)20-11-7-6-10-19(20)21/h3-13,21H,14-15,30H2,1-2H3,(H2,32,33,38). The highest BCUT2D eigenvalue weighted by Gasteiger charge is 2.39. The van der Waals surface area contributed by atoms with Crippen molar-refractivity contribution in [3.63, 3.8) is 0 Å². The van der Waals surface area contributed by atoms with Gasteiger partial charge in [0.25, 0.3) is 5.91 Å². The van der Waals surface area contributed by atoms with Gasteiger partial charge in [-0.05, 0) is 30.7 Å². The zero-order valence-corrected chi connectivity index (χ0v) is 20.7. The number of benzene rings is 2. The van der Waals surface area contributed by atoms with E-state index in [4.69, 9.17) is 5.73 Å². The Morgan fingerprint density at radius 3 is 2.53 bits per heavy atom. The number of amides is 3. The van der Waals surface area contributed by atoms with Gasteiger partial charge in [-0.15, -0.1) is 0 Å². The van der Waals surface area contributed by atoms with Crippen molar-refractivity contribution in [2.24, 2.45) is 10.7 Å². The lowest BCUT2D eigenvalue weighted by Crippen LogP contribution is -2.49. The highest BCUT2D eigenvalue weighted by atomic mass is 19.4. The van der Waals surface area contributed by atoms with Gasteiger partial charge in [-0.25, -0.2) is 9.48 Å². The number of aliphatic imine (C=N–C) groups is 1. The molecule has 38 heavy (non-hydrogen) atoms. The molecule has 4 N–H and O–H groups in total. The summed E-state index contributed by atoms with van der Waals surface area (Å²) >= 11 is 0. The van der Waals surface area contributed by atoms with E-state index in [1.807, 2.05) is 18.2 Å². The van der Waals surface area contributed by atoms with Crippen LogP contribution in [0.25, 0.3) is 11.3 Å². The second kappa shape index (κ2) is 10.8. The van der Waals surface area contributed by atoms with Crippen LogP contribution < -0.4 is 16.4 Å². The number of carbonyl (C=O) groups is 2. The molecule has 1 aromatic heterocycles. The first-order valence-corrected chi connectivity index (χ1v) is 11.6. The number of para-hydroxylation sites is 1. The summed E-state index contributed by atoms with van der Waals surface area (Å²) < 4.78 is 41.0. The summed E-state index contributed by atoms with van der Waals surface area (Å²) in [5, 5.41) is 10.1. The molecule has 0 aliphatic carbocycles. The monoisotopic (exact) mass is 525 g/mol. The molecule has 0 spiro atoms. The minimum absolute atomic E-state index is 0.109. The number of nitrogens with zero attached hydrogens (tertiary/aromatic N) is 4. The van der Waals surface area contributed by atoms with Crippen molar-refractivity contribution in [3.05, 3.63) is 83.2 Å². The topological polar surface area (TPSA) is 118 Å². The first-order chi connectivity index (χ1) is 18.1. The van der Waals surface area contributed by atoms with E-state index < -0.39 is 30.7 Å². The maximum Gasteiger partial charge on any atom is 0.406 e. The first kappa shape index (κ1) is 26.5. The maximum atomic E-state index is 13.2. The Balaban J connectivity index is 1.66. The first-order valence-electron chi connectivity index (χ1n) is 11.6. The summed E-state index contributed by atoms with van der Waals surface area (Å²) in [6.07, 6.45) is -1.69. The molecule has 0 saturated heterocycles. The Morgan fingerprint density at radius 1 is 1.18 bits per heavy atom. The molecular weight excluding hydrogens is 499 g/mol. The molecule has 1 atom stereocenters. The predicted octanol–water partition coefficient (Wildman–Crippen LogP) is 4.06. The Labute approximate surface area is 216 Å². The summed E-state index contributed by atoms with van der Waals surface area (Å²) in [5.41, 5.74) is 8.60. The van der Waals surface area contributed by atoms with Crippen LogP contribution in [0.3, 0.4) is 0 Å². The quantitative estimate of drug-likeness (QED) is 0.421. The normalized spacial score (nSPS) is 16.0. The number of carbonyl (C=O) groups excluding carboxylic acids is 2. The van der Waals surface area contributed by atoms with Gasteiger partial charge in [0.15, 0.2) is 0 Å². The summed E-state index contributed by atoms with van der Waals surface area (Å²) in [4.78, 5) is 30.6. The summed E-state index contributed by atoms with van der Waals surface area (Å²) in [6, 6.07) is 13.8. The van der Waals surface area contributed by atoms with Crippen molar-refractivity contribution < 1.29 is 22.8 Å². The lowest BCUT2D eigenvalue weighted by molar-refractivity contribution is -0.141. The van der Waals surface area contributed by atoms with E-state index >= 15 is 0 Å². The van der Waals surface area contributed by atoms with Gasteiger partial charge in [-0.3, -0.25) is 15.1 Å². The third-order valence-corrected chi connectivity index (χ3v) is 6.01. The fourth-order valence-electron chi connectivity index (χ4n) is 4.34. The molecule has 9 nitrogen and oxygen atoms in total. The number of urea groups is 1. The number of fused-ring (bicyclic) bond motifs is 1. The fraction of sp³-hybridized carbons (Fsp3) is 0.231. The average Bonchev–Trinajstić information content (AvgIpc) is 3.20. The van der Waals surface area contributed by atoms with E-state index in [-0.39, 0.29) is 12.1 Å². The van der Waals surface area contributed by atoms with Crippen LogP contribution in [0, 0.1) is 6.92 Å². The number of rotatable bonds is 6. The van der Waals surface area contributed by atoms with Crippen LogP contribution in [0.5, 0.6) is 0 Å². The van der Waals surface area contributed by atoms with Crippen LogP contribution in [-0.2, 0) is 0 Å². The van der Waals surface area contributed by atoms with Gasteiger partial charge in [-0.2, -0.15) is 18.3 Å². The third-order valence-electron chi connectivity index (χ3n) is 6.01. The number of hydrogen-bond donors (Lipinski definition) is 3. The molecular formula is C26H26F3N7O2. The molecule has 0 radical (unpaired) electrons. The Morgan fingerprint density at radius 2 is 1.87 bits per heavy atom. The van der Waals surface area contributed by atoms with Gasteiger partial charge in [0, 0.05) is 42.7 Å². The van der Waals surface area contributed by atoms with Gasteiger partial charge >= 0.3 is 12.2 Å². The summed E-state index contributed by atoms with van der Waals surface area (Å²) in [6.45, 7) is -0.00158. The molecule has 3 amide bonds. The molecule has 3 aromatic rings. The molecule has 12 heteroatoms. The van der Waals surface area contributed by atoms with E-state index in [9.17, 15) is 22.8 Å². The van der Waals surface area contributed by atoms with Crippen LogP contribution in [0.4, 0.5) is 23.8 Å². The minimum Gasteiger partial charge on any atom is -0.404 e. The average molecular weight is 526 g/mol. The molecule has 198 valence electrons. The van der Waals surface area contributed by atoms with Crippen LogP contribution in [-0.4, -0.2) is 59.1 Å². The maximum absolute atomic E-state index is 13.2. The van der Waals surface area contributed by atoms with Crippen molar-refractivity contribution in [1.29, 1.82) is 0 Å². The zero-order valence-electron chi connectivity index (χ0n) is 20.7. The van der Waals surface area contributed by atoms with Crippen LogP contribution in [0.2, 0.25) is 0 Å². The van der Waals surface area contributed by atoms with Crippen molar-refractivity contribution >= 4 is 29.5 Å². The number of hydrogen-bond acceptors (Lipinski definition) is 5. The van der Waals surface area contributed by atoms with Crippen molar-refractivity contribution in [2.45, 2.75) is 19.1 Å². The second-order valence-electron chi connectivity index (χ2n) is 8.62. The minimum atomic E-state index is -4.58. The zero-order chi connectivity index (χ0) is 27.4. The number of nitrogens with two attached hydrogens (primary N) is 1. The molecule has 4 rings (SSSR count). The lowest BCUT2D eigenvalue weighted by Gasteiger charge is -2.35. The van der Waals surface area contributed by atoms with Gasteiger partial charge in [0.2, 0.25) is 0 Å². The van der Waals surface area contributed by atoms with Crippen LogP contribution in [0.15, 0.2) is 65.8 Å². The number of anilines is 1. The fourth-order valence-corrected chi connectivity index (χ4v) is 4.34. The highest BCUT2D eigenvalue weighted by molar-refractivity contribution is 6.10. The van der Waals surface area contributed by atoms with E-state index in [1.54, 1.807) is 50.5 Å². The molecule has 1 aliphatic rings. The van der Waals surface area contributed by atoms with Crippen molar-refractivity contribution in [1.82, 2.24) is 20.0 Å². The highest BCUT2D eigenvalue weighted by Crippen LogP contribution is 2.30. The largest absolute Gasteiger partial charge is 0.406 e. The molecule has 1 aliphatic heterocycles. The lowest BCUT2D eigenvalue weighted by atomic mass is 9.94. The number of halogens is 3. The van der Waals surface area contributed by atoms with Gasteiger partial charge < -0.3 is 16.0 Å². The number of alkyl halides is 3. The molecule has 2 aromatic carbocycles. The van der Waals surface area contributed by atoms with Crippen LogP contribution in [0.1, 0.15) is 33.2 Å². The van der Waals surface area contributed by atoms with Gasteiger partial charge in [-0.1, -0.05) is 36.4 Å².